The molecule has 1 N–H and O–H groups in total. The van der Waals surface area contributed by atoms with Crippen molar-refractivity contribution in [1.29, 1.82) is 0 Å². The van der Waals surface area contributed by atoms with Crippen molar-refractivity contribution in [2.45, 2.75) is 52.2 Å². The molecule has 1 atom stereocenters. The number of hydrogen-bond acceptors (Lipinski definition) is 5. The number of ether oxygens (including phenoxy) is 1. The second-order valence-corrected chi connectivity index (χ2v) is 8.10. The maximum Gasteiger partial charge on any atom is 0.338 e. The Morgan fingerprint density at radius 1 is 1.13 bits per heavy atom. The smallest absolute Gasteiger partial charge is 0.338 e. The van der Waals surface area contributed by atoms with Gasteiger partial charge in [-0.2, -0.15) is 0 Å². The molecular weight excluding hydrogens is 394 g/mol. The van der Waals surface area contributed by atoms with Gasteiger partial charge < -0.3 is 10.1 Å². The van der Waals surface area contributed by atoms with E-state index in [9.17, 15) is 14.4 Å². The van der Waals surface area contributed by atoms with Gasteiger partial charge >= 0.3 is 5.97 Å². The number of rotatable bonds is 5. The van der Waals surface area contributed by atoms with Crippen LogP contribution in [0.4, 0.5) is 5.69 Å². The Hall–Kier alpha value is -3.48. The van der Waals surface area contributed by atoms with Gasteiger partial charge in [-0.1, -0.05) is 32.0 Å². The van der Waals surface area contributed by atoms with Crippen molar-refractivity contribution >= 4 is 28.5 Å². The first-order chi connectivity index (χ1) is 14.8. The molecule has 0 radical (unpaired) electrons. The molecule has 3 aromatic rings. The summed E-state index contributed by atoms with van der Waals surface area (Å²) in [6, 6.07) is 12.2. The number of nitrogens with one attached hydrogen (secondary N) is 1. The quantitative estimate of drug-likeness (QED) is 0.638. The molecule has 1 aliphatic heterocycles. The van der Waals surface area contributed by atoms with Crippen LogP contribution < -0.4 is 10.9 Å². The number of hydrogen-bond donors (Lipinski definition) is 1. The van der Waals surface area contributed by atoms with Crippen molar-refractivity contribution in [3.05, 3.63) is 69.8 Å². The number of aryl methyl sites for hydroxylation is 1. The standard InChI is InChI=1S/C24H25N3O4/c1-14(2)17-7-4-5-8-19(17)26-22(28)15(3)31-24(30)16-10-11-18-20(13-16)25-21-9-6-12-27(21)23(18)29/h4-5,7-8,10-11,13-15H,6,9,12H2,1-3H3,(H,26,28)/t15-/m1/s1. The van der Waals surface area contributed by atoms with Crippen LogP contribution in [0.25, 0.3) is 10.9 Å². The van der Waals surface area contributed by atoms with Gasteiger partial charge in [0.15, 0.2) is 6.10 Å². The number of benzene rings is 2. The number of fused-ring (bicyclic) bond motifs is 2. The molecule has 1 aromatic heterocycles. The first kappa shape index (κ1) is 20.8. The fraction of sp³-hybridized carbons (Fsp3) is 0.333. The van der Waals surface area contributed by atoms with Crippen LogP contribution in [-0.4, -0.2) is 27.5 Å². The fourth-order valence-corrected chi connectivity index (χ4v) is 3.84. The number of carbonyl (C=O) groups is 2. The van der Waals surface area contributed by atoms with Crippen LogP contribution in [0.1, 0.15) is 54.9 Å². The lowest BCUT2D eigenvalue weighted by Crippen LogP contribution is -2.30. The summed E-state index contributed by atoms with van der Waals surface area (Å²) >= 11 is 0. The van der Waals surface area contributed by atoms with Gasteiger partial charge in [-0.05, 0) is 49.1 Å². The van der Waals surface area contributed by atoms with Gasteiger partial charge in [0, 0.05) is 18.7 Å². The van der Waals surface area contributed by atoms with Crippen LogP contribution in [0.5, 0.6) is 0 Å². The molecule has 0 spiro atoms. The van der Waals surface area contributed by atoms with E-state index in [0.29, 0.717) is 23.1 Å². The van der Waals surface area contributed by atoms with E-state index in [-0.39, 0.29) is 17.0 Å². The highest BCUT2D eigenvalue weighted by atomic mass is 16.5. The zero-order chi connectivity index (χ0) is 22.1. The van der Waals surface area contributed by atoms with Crippen molar-refractivity contribution in [2.75, 3.05) is 5.32 Å². The van der Waals surface area contributed by atoms with Crippen LogP contribution in [0, 0.1) is 0 Å². The predicted molar refractivity (Wildman–Crippen MR) is 118 cm³/mol. The molecule has 4 rings (SSSR count). The maximum atomic E-state index is 12.6. The highest BCUT2D eigenvalue weighted by Gasteiger charge is 2.22. The van der Waals surface area contributed by atoms with Crippen molar-refractivity contribution < 1.29 is 14.3 Å². The molecule has 0 aliphatic carbocycles. The van der Waals surface area contributed by atoms with Gasteiger partial charge in [-0.15, -0.1) is 0 Å². The molecule has 0 unspecified atom stereocenters. The molecule has 160 valence electrons. The van der Waals surface area contributed by atoms with Crippen LogP contribution in [-0.2, 0) is 22.5 Å². The number of nitrogens with zero attached hydrogens (tertiary/aromatic N) is 2. The molecule has 7 heteroatoms. The predicted octanol–water partition coefficient (Wildman–Crippen LogP) is 3.65. The Morgan fingerprint density at radius 3 is 2.68 bits per heavy atom. The van der Waals surface area contributed by atoms with E-state index in [1.54, 1.807) is 16.7 Å². The molecule has 0 saturated heterocycles. The average molecular weight is 419 g/mol. The molecule has 0 fully saturated rings. The molecule has 1 aliphatic rings. The summed E-state index contributed by atoms with van der Waals surface area (Å²) in [5.41, 5.74) is 2.34. The molecular formula is C24H25N3O4. The maximum absolute atomic E-state index is 12.6. The fourth-order valence-electron chi connectivity index (χ4n) is 3.84. The highest BCUT2D eigenvalue weighted by Crippen LogP contribution is 2.24. The molecule has 2 heterocycles. The van der Waals surface area contributed by atoms with Crippen molar-refractivity contribution in [3.63, 3.8) is 0 Å². The Balaban J connectivity index is 1.50. The third-order valence-electron chi connectivity index (χ3n) is 5.55. The SMILES string of the molecule is CC(C)c1ccccc1NC(=O)[C@@H](C)OC(=O)c1ccc2c(=O)n3c(nc2c1)CCC3. The Labute approximate surface area is 180 Å². The van der Waals surface area contributed by atoms with Gasteiger partial charge in [-0.3, -0.25) is 14.2 Å². The molecule has 7 nitrogen and oxygen atoms in total. The van der Waals surface area contributed by atoms with Crippen LogP contribution in [0.3, 0.4) is 0 Å². The van der Waals surface area contributed by atoms with Crippen LogP contribution >= 0.6 is 0 Å². The van der Waals surface area contributed by atoms with Gasteiger partial charge in [0.2, 0.25) is 0 Å². The zero-order valence-electron chi connectivity index (χ0n) is 17.8. The summed E-state index contributed by atoms with van der Waals surface area (Å²) in [6.07, 6.45) is 0.650. The minimum Gasteiger partial charge on any atom is -0.449 e. The van der Waals surface area contributed by atoms with E-state index in [4.69, 9.17) is 4.74 Å². The highest BCUT2D eigenvalue weighted by molar-refractivity contribution is 5.99. The van der Waals surface area contributed by atoms with E-state index in [0.717, 1.165) is 24.2 Å². The minimum atomic E-state index is -0.984. The third-order valence-corrected chi connectivity index (χ3v) is 5.55. The normalized spacial score (nSPS) is 13.8. The lowest BCUT2D eigenvalue weighted by atomic mass is 10.0. The second kappa shape index (κ2) is 8.34. The van der Waals surface area contributed by atoms with Gasteiger partial charge in [0.05, 0.1) is 16.5 Å². The van der Waals surface area contributed by atoms with Crippen LogP contribution in [0.15, 0.2) is 47.3 Å². The van der Waals surface area contributed by atoms with Crippen molar-refractivity contribution in [2.24, 2.45) is 0 Å². The summed E-state index contributed by atoms with van der Waals surface area (Å²) < 4.78 is 7.06. The van der Waals surface area contributed by atoms with Gasteiger partial charge in [0.1, 0.15) is 5.82 Å². The summed E-state index contributed by atoms with van der Waals surface area (Å²) in [6.45, 7) is 6.30. The Bertz CT molecular complexity index is 1230. The Morgan fingerprint density at radius 2 is 1.90 bits per heavy atom. The summed E-state index contributed by atoms with van der Waals surface area (Å²) in [5, 5.41) is 3.31. The Kier molecular flexibility index (Phi) is 5.59. The van der Waals surface area contributed by atoms with E-state index in [1.807, 2.05) is 38.1 Å². The molecule has 0 bridgehead atoms. The number of aromatic nitrogens is 2. The first-order valence-electron chi connectivity index (χ1n) is 10.5. The molecule has 31 heavy (non-hydrogen) atoms. The van der Waals surface area contributed by atoms with E-state index in [1.165, 1.54) is 13.0 Å². The number of esters is 1. The van der Waals surface area contributed by atoms with Crippen LogP contribution in [0.2, 0.25) is 0 Å². The lowest BCUT2D eigenvalue weighted by Gasteiger charge is -2.17. The molecule has 2 aromatic carbocycles. The van der Waals surface area contributed by atoms with E-state index >= 15 is 0 Å². The minimum absolute atomic E-state index is 0.0889. The topological polar surface area (TPSA) is 90.3 Å². The number of carbonyl (C=O) groups excluding carboxylic acids is 2. The third kappa shape index (κ3) is 4.08. The van der Waals surface area contributed by atoms with E-state index < -0.39 is 18.0 Å². The van der Waals surface area contributed by atoms with Gasteiger partial charge in [-0.25, -0.2) is 9.78 Å². The second-order valence-electron chi connectivity index (χ2n) is 8.10. The zero-order valence-corrected chi connectivity index (χ0v) is 17.8. The summed E-state index contributed by atoms with van der Waals surface area (Å²) in [4.78, 5) is 42.3. The van der Waals surface area contributed by atoms with Crippen molar-refractivity contribution in [3.8, 4) is 0 Å². The molecule has 0 saturated carbocycles. The number of para-hydroxylation sites is 1. The number of anilines is 1. The lowest BCUT2D eigenvalue weighted by molar-refractivity contribution is -0.123. The van der Waals surface area contributed by atoms with Crippen molar-refractivity contribution in [1.82, 2.24) is 9.55 Å². The molecule has 1 amide bonds. The largest absolute Gasteiger partial charge is 0.449 e. The summed E-state index contributed by atoms with van der Waals surface area (Å²) in [7, 11) is 0. The van der Waals surface area contributed by atoms with E-state index in [2.05, 4.69) is 10.3 Å². The average Bonchev–Trinajstić information content (AvgIpc) is 3.22. The first-order valence-corrected chi connectivity index (χ1v) is 10.5. The number of amides is 1. The van der Waals surface area contributed by atoms with Gasteiger partial charge in [0.25, 0.3) is 11.5 Å². The monoisotopic (exact) mass is 419 g/mol. The summed E-state index contributed by atoms with van der Waals surface area (Å²) in [5.74, 6) is -0.0647.